The highest BCUT2D eigenvalue weighted by molar-refractivity contribution is 9.10. The van der Waals surface area contributed by atoms with Crippen molar-refractivity contribution >= 4 is 21.7 Å². The average molecular weight is 433 g/mol. The Labute approximate surface area is 166 Å². The molecule has 0 radical (unpaired) electrons. The van der Waals surface area contributed by atoms with E-state index >= 15 is 0 Å². The summed E-state index contributed by atoms with van der Waals surface area (Å²) >= 11 is 3.57. The van der Waals surface area contributed by atoms with Gasteiger partial charge in [0.1, 0.15) is 17.4 Å². The van der Waals surface area contributed by atoms with Crippen molar-refractivity contribution in [2.24, 2.45) is 5.73 Å². The molecule has 2 N–H and O–H groups in total. The highest BCUT2D eigenvalue weighted by Crippen LogP contribution is 2.47. The second-order valence-corrected chi connectivity index (χ2v) is 7.08. The third kappa shape index (κ3) is 3.54. The molecule has 1 atom stereocenters. The van der Waals surface area contributed by atoms with Crippen molar-refractivity contribution in [1.82, 2.24) is 0 Å². The number of Topliss-reactive ketones (excluding diaryl/α,β-unsaturated/α-hetero) is 1. The van der Waals surface area contributed by atoms with Gasteiger partial charge in [0.05, 0.1) is 19.1 Å². The zero-order valence-corrected chi connectivity index (χ0v) is 16.9. The van der Waals surface area contributed by atoms with Crippen LogP contribution in [0.5, 0.6) is 11.5 Å². The molecule has 0 spiro atoms. The van der Waals surface area contributed by atoms with Crippen molar-refractivity contribution in [2.45, 2.75) is 39.0 Å². The highest BCUT2D eigenvalue weighted by atomic mass is 79.9. The summed E-state index contributed by atoms with van der Waals surface area (Å²) in [6.45, 7) is 4.74. The number of nitrogens with zero attached hydrogens (tertiary/aromatic N) is 1. The fraction of sp³-hybridized carbons (Fsp3) is 0.400. The monoisotopic (exact) mass is 432 g/mol. The molecule has 1 aliphatic carbocycles. The largest absolute Gasteiger partial charge is 0.490 e. The smallest absolute Gasteiger partial charge is 0.205 e. The van der Waals surface area contributed by atoms with Crippen molar-refractivity contribution < 1.29 is 19.0 Å². The Morgan fingerprint density at radius 2 is 1.93 bits per heavy atom. The number of ketones is 1. The molecule has 6 nitrogen and oxygen atoms in total. The number of allylic oxidation sites excluding steroid dienone is 3. The van der Waals surface area contributed by atoms with Gasteiger partial charge in [-0.3, -0.25) is 4.79 Å². The number of nitriles is 1. The molecule has 7 heteroatoms. The number of hydrogen-bond donors (Lipinski definition) is 1. The maximum Gasteiger partial charge on any atom is 0.205 e. The van der Waals surface area contributed by atoms with E-state index in [-0.39, 0.29) is 17.2 Å². The first-order valence-electron chi connectivity index (χ1n) is 8.94. The van der Waals surface area contributed by atoms with E-state index in [0.717, 1.165) is 5.56 Å². The molecule has 1 heterocycles. The van der Waals surface area contributed by atoms with Crippen LogP contribution in [0.1, 0.15) is 44.6 Å². The quantitative estimate of drug-likeness (QED) is 0.753. The van der Waals surface area contributed by atoms with Crippen LogP contribution in [0.25, 0.3) is 0 Å². The third-order valence-corrected chi connectivity index (χ3v) is 5.27. The predicted molar refractivity (Wildman–Crippen MR) is 103 cm³/mol. The van der Waals surface area contributed by atoms with Gasteiger partial charge >= 0.3 is 0 Å². The summed E-state index contributed by atoms with van der Waals surface area (Å²) in [5, 5.41) is 9.70. The predicted octanol–water partition coefficient (Wildman–Crippen LogP) is 4.06. The van der Waals surface area contributed by atoms with Crippen LogP contribution in [-0.4, -0.2) is 19.0 Å². The first kappa shape index (κ1) is 19.3. The molecule has 3 rings (SSSR count). The Balaban J connectivity index is 2.20. The molecular weight excluding hydrogens is 412 g/mol. The molecule has 0 saturated carbocycles. The van der Waals surface area contributed by atoms with Gasteiger partial charge in [0.25, 0.3) is 0 Å². The molecule has 0 bridgehead atoms. The Morgan fingerprint density at radius 1 is 1.26 bits per heavy atom. The van der Waals surface area contributed by atoms with E-state index in [9.17, 15) is 10.1 Å². The Morgan fingerprint density at radius 3 is 2.56 bits per heavy atom. The van der Waals surface area contributed by atoms with Crippen molar-refractivity contribution in [3.63, 3.8) is 0 Å². The van der Waals surface area contributed by atoms with Crippen LogP contribution in [0.15, 0.2) is 39.4 Å². The van der Waals surface area contributed by atoms with Gasteiger partial charge in [-0.1, -0.05) is 15.9 Å². The SMILES string of the molecule is CCOc1cc(Br)c([C@H]2C(C#N)=C(N)OC3=C2C(=O)CCC3)cc1OCC. The molecule has 2 aliphatic rings. The van der Waals surface area contributed by atoms with Crippen LogP contribution in [0.4, 0.5) is 0 Å². The van der Waals surface area contributed by atoms with E-state index in [1.165, 1.54) is 0 Å². The first-order chi connectivity index (χ1) is 13.0. The Bertz CT molecular complexity index is 883. The highest BCUT2D eigenvalue weighted by Gasteiger charge is 2.39. The lowest BCUT2D eigenvalue weighted by Crippen LogP contribution is -2.27. The van der Waals surface area contributed by atoms with Crippen LogP contribution < -0.4 is 15.2 Å². The summed E-state index contributed by atoms with van der Waals surface area (Å²) in [4.78, 5) is 12.7. The molecule has 27 heavy (non-hydrogen) atoms. The number of carbonyl (C=O) groups excluding carboxylic acids is 1. The molecule has 0 saturated heterocycles. The lowest BCUT2D eigenvalue weighted by molar-refractivity contribution is -0.116. The van der Waals surface area contributed by atoms with Crippen LogP contribution >= 0.6 is 15.9 Å². The number of halogens is 1. The van der Waals surface area contributed by atoms with Gasteiger partial charge in [0.2, 0.25) is 5.88 Å². The van der Waals surface area contributed by atoms with E-state index in [0.29, 0.717) is 59.8 Å². The number of rotatable bonds is 5. The fourth-order valence-corrected chi connectivity index (χ4v) is 4.03. The fourth-order valence-electron chi connectivity index (χ4n) is 3.48. The van der Waals surface area contributed by atoms with E-state index in [1.807, 2.05) is 19.9 Å². The Hall–Kier alpha value is -2.46. The zero-order valence-electron chi connectivity index (χ0n) is 15.3. The number of benzene rings is 1. The topological polar surface area (TPSA) is 94.6 Å². The van der Waals surface area contributed by atoms with Crippen LogP contribution in [0.3, 0.4) is 0 Å². The first-order valence-corrected chi connectivity index (χ1v) is 9.73. The maximum absolute atomic E-state index is 12.7. The van der Waals surface area contributed by atoms with E-state index in [2.05, 4.69) is 22.0 Å². The van der Waals surface area contributed by atoms with Crippen molar-refractivity contribution in [1.29, 1.82) is 5.26 Å². The second kappa shape index (κ2) is 8.05. The Kier molecular flexibility index (Phi) is 5.76. The number of carbonyl (C=O) groups is 1. The van der Waals surface area contributed by atoms with E-state index < -0.39 is 5.92 Å². The van der Waals surface area contributed by atoms with Gasteiger partial charge in [0.15, 0.2) is 17.3 Å². The van der Waals surface area contributed by atoms with Crippen LogP contribution in [0, 0.1) is 11.3 Å². The molecule has 0 aromatic heterocycles. The van der Waals surface area contributed by atoms with E-state index in [1.54, 1.807) is 6.07 Å². The van der Waals surface area contributed by atoms with Gasteiger partial charge in [-0.25, -0.2) is 0 Å². The van der Waals surface area contributed by atoms with Gasteiger partial charge < -0.3 is 19.9 Å². The third-order valence-electron chi connectivity index (χ3n) is 4.58. The molecule has 1 aromatic carbocycles. The summed E-state index contributed by atoms with van der Waals surface area (Å²) in [6.07, 6.45) is 1.78. The molecule has 0 amide bonds. The summed E-state index contributed by atoms with van der Waals surface area (Å²) in [6, 6.07) is 5.74. The standard InChI is InChI=1S/C20H21BrN2O4/c1-3-25-16-8-11(13(21)9-17(16)26-4-2)18-12(10-22)20(23)27-15-7-5-6-14(24)19(15)18/h8-9,18H,3-7,23H2,1-2H3/t18-/m0/s1. The molecular formula is C20H21BrN2O4. The van der Waals surface area contributed by atoms with Gasteiger partial charge in [-0.2, -0.15) is 5.26 Å². The lowest BCUT2D eigenvalue weighted by Gasteiger charge is -2.31. The summed E-state index contributed by atoms with van der Waals surface area (Å²) in [7, 11) is 0. The molecule has 0 fully saturated rings. The molecule has 1 aliphatic heterocycles. The second-order valence-electron chi connectivity index (χ2n) is 6.22. The zero-order chi connectivity index (χ0) is 19.6. The van der Waals surface area contributed by atoms with Crippen molar-refractivity contribution in [2.75, 3.05) is 13.2 Å². The van der Waals surface area contributed by atoms with Crippen molar-refractivity contribution in [3.8, 4) is 17.6 Å². The van der Waals surface area contributed by atoms with Gasteiger partial charge in [-0.15, -0.1) is 0 Å². The molecule has 0 unspecified atom stereocenters. The minimum atomic E-state index is -0.587. The summed E-state index contributed by atoms with van der Waals surface area (Å²) in [5.74, 6) is 1.17. The summed E-state index contributed by atoms with van der Waals surface area (Å²) < 4.78 is 17.7. The van der Waals surface area contributed by atoms with Crippen LogP contribution in [0.2, 0.25) is 0 Å². The normalized spacial score (nSPS) is 19.3. The summed E-state index contributed by atoms with van der Waals surface area (Å²) in [5.41, 5.74) is 7.49. The molecule has 1 aromatic rings. The maximum atomic E-state index is 12.7. The molecule has 142 valence electrons. The van der Waals surface area contributed by atoms with Crippen molar-refractivity contribution in [3.05, 3.63) is 45.0 Å². The number of hydrogen-bond acceptors (Lipinski definition) is 6. The van der Waals surface area contributed by atoms with Gasteiger partial charge in [-0.05, 0) is 38.0 Å². The lowest BCUT2D eigenvalue weighted by atomic mass is 9.77. The minimum Gasteiger partial charge on any atom is -0.490 e. The van der Waals surface area contributed by atoms with Crippen LogP contribution in [-0.2, 0) is 9.53 Å². The van der Waals surface area contributed by atoms with Gasteiger partial charge in [0, 0.05) is 22.9 Å². The van der Waals surface area contributed by atoms with E-state index in [4.69, 9.17) is 19.9 Å². The minimum absolute atomic E-state index is 0.0137. The average Bonchev–Trinajstić information content (AvgIpc) is 2.63. The number of nitrogens with two attached hydrogens (primary N) is 1. The number of ether oxygens (including phenoxy) is 3.